The number of carbonyl (C=O) groups excluding carboxylic acids is 3. The van der Waals surface area contributed by atoms with Gasteiger partial charge in [0.2, 0.25) is 0 Å². The summed E-state index contributed by atoms with van der Waals surface area (Å²) in [5.41, 5.74) is 0.515. The maximum atomic E-state index is 12.8. The lowest BCUT2D eigenvalue weighted by atomic mass is 10.1. The van der Waals surface area contributed by atoms with Crippen LogP contribution < -0.4 is 10.1 Å². The zero-order valence-electron chi connectivity index (χ0n) is 18.9. The average Bonchev–Trinajstić information content (AvgIpc) is 3.42. The zero-order chi connectivity index (χ0) is 24.7. The smallest absolute Gasteiger partial charge is 0.348 e. The molecule has 0 aliphatic heterocycles. The Labute approximate surface area is 209 Å². The number of amides is 1. The minimum Gasteiger partial charge on any atom is -0.484 e. The highest BCUT2D eigenvalue weighted by atomic mass is 79.9. The Morgan fingerprint density at radius 2 is 1.82 bits per heavy atom. The summed E-state index contributed by atoms with van der Waals surface area (Å²) in [7, 11) is 0. The second-order valence-electron chi connectivity index (χ2n) is 7.06. The topological polar surface area (TPSA) is 104 Å². The maximum Gasteiger partial charge on any atom is 0.348 e. The number of anilines is 1. The summed E-state index contributed by atoms with van der Waals surface area (Å²) < 4.78 is 22.4. The molecule has 180 valence electrons. The fraction of sp³-hybridized carbons (Fsp3) is 0.292. The molecule has 34 heavy (non-hydrogen) atoms. The predicted octanol–water partition coefficient (Wildman–Crippen LogP) is 5.99. The lowest BCUT2D eigenvalue weighted by molar-refractivity contribution is 0.0506. The lowest BCUT2D eigenvalue weighted by Crippen LogP contribution is -2.14. The van der Waals surface area contributed by atoms with E-state index >= 15 is 0 Å². The third kappa shape index (κ3) is 6.06. The van der Waals surface area contributed by atoms with Gasteiger partial charge < -0.3 is 23.9 Å². The van der Waals surface area contributed by atoms with Gasteiger partial charge in [-0.25, -0.2) is 9.59 Å². The van der Waals surface area contributed by atoms with Gasteiger partial charge in [0.05, 0.1) is 23.2 Å². The molecule has 1 N–H and O–H groups in total. The number of benzene rings is 1. The molecule has 0 aliphatic carbocycles. The Hall–Kier alpha value is -3.11. The highest BCUT2D eigenvalue weighted by Crippen LogP contribution is 2.35. The van der Waals surface area contributed by atoms with Gasteiger partial charge in [0.25, 0.3) is 5.91 Å². The van der Waals surface area contributed by atoms with E-state index in [9.17, 15) is 14.4 Å². The minimum absolute atomic E-state index is 0.0299. The van der Waals surface area contributed by atoms with E-state index in [4.69, 9.17) is 18.6 Å². The van der Waals surface area contributed by atoms with Crippen LogP contribution in [0.1, 0.15) is 62.2 Å². The number of nitrogens with one attached hydrogen (secondary N) is 1. The molecule has 10 heteroatoms. The largest absolute Gasteiger partial charge is 0.484 e. The molecule has 0 saturated carbocycles. The third-order valence-corrected chi connectivity index (χ3v) is 6.41. The number of ether oxygens (including phenoxy) is 3. The SMILES string of the molecule is CCCOC(=O)c1c(NC(=O)c2ccc(COc3ccccc3Br)o2)sc(C(=O)OCC)c1C. The lowest BCUT2D eigenvalue weighted by Gasteiger charge is -2.07. The number of furan rings is 1. The van der Waals surface area contributed by atoms with Crippen molar-refractivity contribution in [1.82, 2.24) is 0 Å². The molecular weight excluding hydrogens is 526 g/mol. The van der Waals surface area contributed by atoms with Gasteiger partial charge in [0.1, 0.15) is 28.0 Å². The first-order chi connectivity index (χ1) is 16.3. The Bertz CT molecular complexity index is 1180. The number of halogens is 1. The van der Waals surface area contributed by atoms with Crippen molar-refractivity contribution in [2.45, 2.75) is 33.8 Å². The van der Waals surface area contributed by atoms with Gasteiger partial charge in [-0.15, -0.1) is 11.3 Å². The van der Waals surface area contributed by atoms with Gasteiger partial charge in [-0.2, -0.15) is 0 Å². The molecule has 0 aliphatic rings. The Morgan fingerprint density at radius 3 is 2.53 bits per heavy atom. The van der Waals surface area contributed by atoms with Crippen molar-refractivity contribution >= 4 is 50.1 Å². The molecular formula is C24H24BrNO7S. The number of carbonyl (C=O) groups is 3. The molecule has 3 aromatic rings. The maximum absolute atomic E-state index is 12.8. The monoisotopic (exact) mass is 549 g/mol. The molecule has 1 amide bonds. The minimum atomic E-state index is -0.622. The average molecular weight is 550 g/mol. The first-order valence-electron chi connectivity index (χ1n) is 10.6. The van der Waals surface area contributed by atoms with Crippen LogP contribution in [0.5, 0.6) is 5.75 Å². The van der Waals surface area contributed by atoms with Crippen LogP contribution in [0.25, 0.3) is 0 Å². The highest BCUT2D eigenvalue weighted by Gasteiger charge is 2.28. The molecule has 0 saturated heterocycles. The van der Waals surface area contributed by atoms with Gasteiger partial charge in [-0.05, 0) is 66.0 Å². The standard InChI is InChI=1S/C24H24BrNO7S/c1-4-12-31-23(28)19-14(3)20(24(29)30-5-2)34-22(19)26-21(27)18-11-10-15(33-18)13-32-17-9-7-6-8-16(17)25/h6-11H,4-5,12-13H2,1-3H3,(H,26,27). The van der Waals surface area contributed by atoms with E-state index in [1.54, 1.807) is 26.0 Å². The van der Waals surface area contributed by atoms with Crippen molar-refractivity contribution in [3.8, 4) is 5.75 Å². The molecule has 0 fully saturated rings. The van der Waals surface area contributed by atoms with Crippen LogP contribution in [0.3, 0.4) is 0 Å². The van der Waals surface area contributed by atoms with Crippen LogP contribution in [-0.4, -0.2) is 31.1 Å². The molecule has 3 rings (SSSR count). The number of hydrogen-bond donors (Lipinski definition) is 1. The van der Waals surface area contributed by atoms with Crippen molar-refractivity contribution in [2.24, 2.45) is 0 Å². The van der Waals surface area contributed by atoms with Crippen molar-refractivity contribution in [3.05, 3.63) is 68.4 Å². The summed E-state index contributed by atoms with van der Waals surface area (Å²) in [6.07, 6.45) is 0.637. The first-order valence-corrected chi connectivity index (χ1v) is 12.2. The van der Waals surface area contributed by atoms with Gasteiger partial charge in [-0.1, -0.05) is 19.1 Å². The van der Waals surface area contributed by atoms with Crippen LogP contribution in [0, 0.1) is 6.92 Å². The van der Waals surface area contributed by atoms with E-state index in [0.717, 1.165) is 15.8 Å². The summed E-state index contributed by atoms with van der Waals surface area (Å²) in [6, 6.07) is 10.5. The van der Waals surface area contributed by atoms with Crippen LogP contribution >= 0.6 is 27.3 Å². The van der Waals surface area contributed by atoms with Crippen molar-refractivity contribution in [2.75, 3.05) is 18.5 Å². The highest BCUT2D eigenvalue weighted by molar-refractivity contribution is 9.10. The number of rotatable bonds is 10. The Kier molecular flexibility index (Phi) is 8.89. The van der Waals surface area contributed by atoms with Gasteiger partial charge in [0.15, 0.2) is 5.76 Å². The first kappa shape index (κ1) is 25.5. The molecule has 2 aromatic heterocycles. The molecule has 0 bridgehead atoms. The molecule has 0 spiro atoms. The molecule has 8 nitrogen and oxygen atoms in total. The normalized spacial score (nSPS) is 10.6. The van der Waals surface area contributed by atoms with Crippen LogP contribution in [0.2, 0.25) is 0 Å². The van der Waals surface area contributed by atoms with E-state index in [-0.39, 0.29) is 41.0 Å². The quantitative estimate of drug-likeness (QED) is 0.310. The number of thiophene rings is 1. The second-order valence-corrected chi connectivity index (χ2v) is 8.93. The summed E-state index contributed by atoms with van der Waals surface area (Å²) in [5.74, 6) is -0.655. The fourth-order valence-corrected chi connectivity index (χ4v) is 4.44. The second kappa shape index (κ2) is 11.8. The van der Waals surface area contributed by atoms with Crippen LogP contribution in [-0.2, 0) is 16.1 Å². The summed E-state index contributed by atoms with van der Waals surface area (Å²) in [4.78, 5) is 38.0. The van der Waals surface area contributed by atoms with E-state index < -0.39 is 17.8 Å². The Balaban J connectivity index is 1.78. The van der Waals surface area contributed by atoms with Crippen LogP contribution in [0.15, 0.2) is 45.3 Å². The molecule has 0 radical (unpaired) electrons. The fourth-order valence-electron chi connectivity index (χ4n) is 2.96. The van der Waals surface area contributed by atoms with E-state index in [0.29, 0.717) is 23.5 Å². The van der Waals surface area contributed by atoms with Gasteiger partial charge in [-0.3, -0.25) is 4.79 Å². The van der Waals surface area contributed by atoms with E-state index in [1.165, 1.54) is 6.07 Å². The molecule has 0 unspecified atom stereocenters. The van der Waals surface area contributed by atoms with Crippen molar-refractivity contribution < 1.29 is 33.0 Å². The predicted molar refractivity (Wildman–Crippen MR) is 131 cm³/mol. The summed E-state index contributed by atoms with van der Waals surface area (Å²) in [6.45, 7) is 5.70. The summed E-state index contributed by atoms with van der Waals surface area (Å²) >= 11 is 4.36. The zero-order valence-corrected chi connectivity index (χ0v) is 21.3. The number of hydrogen-bond acceptors (Lipinski definition) is 8. The van der Waals surface area contributed by atoms with Crippen molar-refractivity contribution in [1.29, 1.82) is 0 Å². The van der Waals surface area contributed by atoms with Crippen LogP contribution in [0.4, 0.5) is 5.00 Å². The molecule has 2 heterocycles. The van der Waals surface area contributed by atoms with E-state index in [2.05, 4.69) is 21.2 Å². The Morgan fingerprint density at radius 1 is 1.06 bits per heavy atom. The van der Waals surface area contributed by atoms with Gasteiger partial charge in [0, 0.05) is 0 Å². The molecule has 1 aromatic carbocycles. The number of esters is 2. The molecule has 0 atom stereocenters. The van der Waals surface area contributed by atoms with Gasteiger partial charge >= 0.3 is 11.9 Å². The number of para-hydroxylation sites is 1. The van der Waals surface area contributed by atoms with E-state index in [1.807, 2.05) is 25.1 Å². The van der Waals surface area contributed by atoms with Crippen molar-refractivity contribution in [3.63, 3.8) is 0 Å². The third-order valence-electron chi connectivity index (χ3n) is 4.57. The summed E-state index contributed by atoms with van der Waals surface area (Å²) in [5, 5.41) is 2.86.